The van der Waals surface area contributed by atoms with Gasteiger partial charge in [-0.2, -0.15) is 0 Å². The summed E-state index contributed by atoms with van der Waals surface area (Å²) in [6, 6.07) is 10.4. The van der Waals surface area contributed by atoms with E-state index in [0.717, 1.165) is 30.2 Å². The number of ether oxygens (including phenoxy) is 1. The van der Waals surface area contributed by atoms with Gasteiger partial charge in [0.1, 0.15) is 11.8 Å². The Kier molecular flexibility index (Phi) is 7.57. The summed E-state index contributed by atoms with van der Waals surface area (Å²) >= 11 is 0. The number of hydrogen-bond donors (Lipinski definition) is 4. The lowest BCUT2D eigenvalue weighted by Crippen LogP contribution is -2.68. The minimum absolute atomic E-state index is 0.210. The molecule has 0 bridgehead atoms. The van der Waals surface area contributed by atoms with E-state index in [9.17, 15) is 9.59 Å². The molecule has 0 aliphatic heterocycles. The Morgan fingerprint density at radius 3 is 2.59 bits per heavy atom. The first-order valence-electron chi connectivity index (χ1n) is 9.26. The van der Waals surface area contributed by atoms with Gasteiger partial charge >= 0.3 is 0 Å². The van der Waals surface area contributed by atoms with Gasteiger partial charge in [-0.3, -0.25) is 9.59 Å². The number of rotatable bonds is 9. The highest BCUT2D eigenvalue weighted by molar-refractivity contribution is 6.00. The standard InChI is InChI=1S/C20H28N4O3/c1-13(23-20(26)17(22)9-5-6-10-21)19(25)24-15-11-14-7-3-4-8-16(14)18(12-15)27-2/h3-4,7-8,11-13,17H,5-6,9-10,21-22H2,1-2H3,(H,23,26)(H,24,25)/p+2/t13-,17-/m1/s1. The van der Waals surface area contributed by atoms with Crippen LogP contribution in [-0.2, 0) is 9.59 Å². The molecule has 0 unspecified atom stereocenters. The molecule has 0 spiro atoms. The summed E-state index contributed by atoms with van der Waals surface area (Å²) in [7, 11) is 1.60. The summed E-state index contributed by atoms with van der Waals surface area (Å²) < 4.78 is 5.42. The minimum atomic E-state index is -0.660. The summed E-state index contributed by atoms with van der Waals surface area (Å²) in [4.78, 5) is 24.7. The molecule has 2 aromatic rings. The van der Waals surface area contributed by atoms with Gasteiger partial charge in [-0.05, 0) is 31.2 Å². The van der Waals surface area contributed by atoms with E-state index in [-0.39, 0.29) is 17.9 Å². The van der Waals surface area contributed by atoms with Crippen LogP contribution in [0.15, 0.2) is 36.4 Å². The van der Waals surface area contributed by atoms with Crippen molar-refractivity contribution in [2.24, 2.45) is 0 Å². The number of benzene rings is 2. The van der Waals surface area contributed by atoms with Crippen LogP contribution in [-0.4, -0.2) is 37.6 Å². The Bertz CT molecular complexity index is 794. The van der Waals surface area contributed by atoms with Gasteiger partial charge in [0, 0.05) is 23.6 Å². The molecule has 8 N–H and O–H groups in total. The lowest BCUT2D eigenvalue weighted by Gasteiger charge is -2.17. The van der Waals surface area contributed by atoms with Gasteiger partial charge in [-0.25, -0.2) is 0 Å². The molecule has 2 aromatic carbocycles. The summed E-state index contributed by atoms with van der Waals surface area (Å²) in [5.74, 6) is 0.187. The molecule has 2 rings (SSSR count). The van der Waals surface area contributed by atoms with Crippen molar-refractivity contribution in [3.63, 3.8) is 0 Å². The van der Waals surface area contributed by atoms with Crippen LogP contribution >= 0.6 is 0 Å². The van der Waals surface area contributed by atoms with E-state index in [2.05, 4.69) is 22.1 Å². The molecule has 2 atom stereocenters. The molecule has 7 heteroatoms. The van der Waals surface area contributed by atoms with E-state index < -0.39 is 6.04 Å². The normalized spacial score (nSPS) is 13.0. The van der Waals surface area contributed by atoms with Crippen LogP contribution in [0.4, 0.5) is 5.69 Å². The maximum Gasteiger partial charge on any atom is 0.278 e. The molecule has 0 radical (unpaired) electrons. The summed E-state index contributed by atoms with van der Waals surface area (Å²) in [5, 5.41) is 7.51. The molecular weight excluding hydrogens is 344 g/mol. The topological polar surface area (TPSA) is 123 Å². The number of carbonyl (C=O) groups excluding carboxylic acids is 2. The van der Waals surface area contributed by atoms with Crippen molar-refractivity contribution in [1.29, 1.82) is 0 Å². The summed E-state index contributed by atoms with van der Waals surface area (Å²) in [6.45, 7) is 2.51. The van der Waals surface area contributed by atoms with Crippen LogP contribution in [0.25, 0.3) is 10.8 Å². The SMILES string of the molecule is COc1cc(NC(=O)[C@@H](C)NC(=O)[C@H]([NH3+])CCCC[NH3+])cc2ccccc12. The molecule has 0 fully saturated rings. The molecular formula is C20H30N4O3+2. The predicted molar refractivity (Wildman–Crippen MR) is 105 cm³/mol. The largest absolute Gasteiger partial charge is 0.496 e. The third-order valence-corrected chi connectivity index (χ3v) is 4.49. The van der Waals surface area contributed by atoms with Gasteiger partial charge in [0.05, 0.1) is 13.7 Å². The fourth-order valence-electron chi connectivity index (χ4n) is 2.86. The molecule has 0 aliphatic rings. The number of anilines is 1. The fourth-order valence-corrected chi connectivity index (χ4v) is 2.86. The Labute approximate surface area is 159 Å². The maximum absolute atomic E-state index is 12.5. The van der Waals surface area contributed by atoms with Crippen molar-refractivity contribution >= 4 is 28.3 Å². The number of quaternary nitrogens is 2. The van der Waals surface area contributed by atoms with E-state index in [1.165, 1.54) is 0 Å². The zero-order valence-electron chi connectivity index (χ0n) is 16.1. The molecule has 2 amide bonds. The quantitative estimate of drug-likeness (QED) is 0.473. The molecule has 27 heavy (non-hydrogen) atoms. The van der Waals surface area contributed by atoms with Gasteiger partial charge in [-0.1, -0.05) is 24.3 Å². The van der Waals surface area contributed by atoms with Crippen LogP contribution in [0.3, 0.4) is 0 Å². The Morgan fingerprint density at radius 1 is 1.15 bits per heavy atom. The van der Waals surface area contributed by atoms with Crippen molar-refractivity contribution in [3.05, 3.63) is 36.4 Å². The highest BCUT2D eigenvalue weighted by Gasteiger charge is 2.22. The second-order valence-electron chi connectivity index (χ2n) is 6.67. The smallest absolute Gasteiger partial charge is 0.278 e. The second-order valence-corrected chi connectivity index (χ2v) is 6.67. The third kappa shape index (κ3) is 5.67. The number of fused-ring (bicyclic) bond motifs is 1. The van der Waals surface area contributed by atoms with E-state index in [1.807, 2.05) is 30.3 Å². The second kappa shape index (κ2) is 9.89. The highest BCUT2D eigenvalue weighted by atomic mass is 16.5. The van der Waals surface area contributed by atoms with Gasteiger partial charge in [0.2, 0.25) is 5.91 Å². The van der Waals surface area contributed by atoms with Crippen molar-refractivity contribution in [1.82, 2.24) is 5.32 Å². The van der Waals surface area contributed by atoms with Crippen LogP contribution in [0.1, 0.15) is 26.2 Å². The lowest BCUT2D eigenvalue weighted by molar-refractivity contribution is -0.406. The molecule has 146 valence electrons. The number of hydrogen-bond acceptors (Lipinski definition) is 3. The summed E-state index contributed by atoms with van der Waals surface area (Å²) in [6.07, 6.45) is 2.57. The van der Waals surface area contributed by atoms with E-state index in [1.54, 1.807) is 20.1 Å². The molecule has 0 saturated heterocycles. The van der Waals surface area contributed by atoms with Gasteiger partial charge in [0.25, 0.3) is 5.91 Å². The van der Waals surface area contributed by atoms with Gasteiger partial charge in [0.15, 0.2) is 6.04 Å². The van der Waals surface area contributed by atoms with Crippen LogP contribution < -0.4 is 26.8 Å². The first-order chi connectivity index (χ1) is 13.0. The van der Waals surface area contributed by atoms with E-state index in [4.69, 9.17) is 4.74 Å². The van der Waals surface area contributed by atoms with Gasteiger partial charge < -0.3 is 26.8 Å². The summed E-state index contributed by atoms with van der Waals surface area (Å²) in [5.41, 5.74) is 8.29. The van der Waals surface area contributed by atoms with Crippen molar-refractivity contribution in [2.45, 2.75) is 38.3 Å². The number of unbranched alkanes of at least 4 members (excludes halogenated alkanes) is 1. The average molecular weight is 374 g/mol. The molecule has 0 aromatic heterocycles. The van der Waals surface area contributed by atoms with Crippen LogP contribution in [0, 0.1) is 0 Å². The minimum Gasteiger partial charge on any atom is -0.496 e. The number of methoxy groups -OCH3 is 1. The zero-order chi connectivity index (χ0) is 19.8. The Hall–Kier alpha value is -2.64. The molecule has 0 heterocycles. The fraction of sp³-hybridized carbons (Fsp3) is 0.400. The molecule has 0 saturated carbocycles. The Balaban J connectivity index is 1.99. The molecule has 7 nitrogen and oxygen atoms in total. The van der Waals surface area contributed by atoms with Crippen molar-refractivity contribution in [3.8, 4) is 5.75 Å². The first-order valence-corrected chi connectivity index (χ1v) is 9.26. The number of carbonyl (C=O) groups is 2. The maximum atomic E-state index is 12.5. The third-order valence-electron chi connectivity index (χ3n) is 4.49. The van der Waals surface area contributed by atoms with E-state index >= 15 is 0 Å². The number of amides is 2. The zero-order valence-corrected chi connectivity index (χ0v) is 16.1. The number of nitrogens with one attached hydrogen (secondary N) is 2. The van der Waals surface area contributed by atoms with Crippen molar-refractivity contribution < 1.29 is 25.8 Å². The van der Waals surface area contributed by atoms with Crippen LogP contribution in [0.5, 0.6) is 5.75 Å². The lowest BCUT2D eigenvalue weighted by atomic mass is 10.1. The van der Waals surface area contributed by atoms with Crippen molar-refractivity contribution in [2.75, 3.05) is 19.0 Å². The van der Waals surface area contributed by atoms with E-state index in [0.29, 0.717) is 17.9 Å². The monoisotopic (exact) mass is 374 g/mol. The highest BCUT2D eigenvalue weighted by Crippen LogP contribution is 2.29. The average Bonchev–Trinajstić information content (AvgIpc) is 2.67. The first kappa shape index (κ1) is 20.7. The molecule has 0 aliphatic carbocycles. The Morgan fingerprint density at radius 2 is 1.89 bits per heavy atom. The van der Waals surface area contributed by atoms with Gasteiger partial charge in [-0.15, -0.1) is 0 Å². The predicted octanol–water partition coefficient (Wildman–Crippen LogP) is 0.314. The van der Waals surface area contributed by atoms with Crippen LogP contribution in [0.2, 0.25) is 0 Å².